The van der Waals surface area contributed by atoms with Crippen molar-refractivity contribution >= 4 is 23.2 Å². The summed E-state index contributed by atoms with van der Waals surface area (Å²) in [4.78, 5) is 27.2. The van der Waals surface area contributed by atoms with Crippen molar-refractivity contribution in [3.63, 3.8) is 0 Å². The number of benzene rings is 2. The van der Waals surface area contributed by atoms with Gasteiger partial charge in [-0.15, -0.1) is 0 Å². The number of nitrogens with zero attached hydrogens (tertiary/aromatic N) is 1. The summed E-state index contributed by atoms with van der Waals surface area (Å²) in [5.74, 6) is 0.606. The van der Waals surface area contributed by atoms with Crippen molar-refractivity contribution in [1.82, 2.24) is 4.90 Å². The molecule has 0 unspecified atom stereocenters. The third-order valence-corrected chi connectivity index (χ3v) is 4.85. The maximum atomic E-state index is 12.8. The van der Waals surface area contributed by atoms with Crippen molar-refractivity contribution < 1.29 is 14.3 Å². The predicted molar refractivity (Wildman–Crippen MR) is 122 cm³/mol. The van der Waals surface area contributed by atoms with Gasteiger partial charge in [-0.05, 0) is 49.1 Å². The Morgan fingerprint density at radius 2 is 1.67 bits per heavy atom. The third-order valence-electron chi connectivity index (χ3n) is 4.85. The first-order valence-corrected chi connectivity index (χ1v) is 10.4. The highest BCUT2D eigenvalue weighted by molar-refractivity contribution is 5.96. The number of hydrogen-bond acceptors (Lipinski definition) is 4. The van der Waals surface area contributed by atoms with Crippen LogP contribution in [0.2, 0.25) is 0 Å². The molecule has 0 saturated carbocycles. The summed E-state index contributed by atoms with van der Waals surface area (Å²) in [7, 11) is 1.57. The molecular weight excluding hydrogens is 378 g/mol. The van der Waals surface area contributed by atoms with Crippen molar-refractivity contribution in [2.24, 2.45) is 0 Å². The lowest BCUT2D eigenvalue weighted by Gasteiger charge is -2.22. The Bertz CT molecular complexity index is 865. The van der Waals surface area contributed by atoms with E-state index in [2.05, 4.69) is 24.5 Å². The Balaban J connectivity index is 2.03. The first kappa shape index (κ1) is 23.4. The van der Waals surface area contributed by atoms with Gasteiger partial charge in [0, 0.05) is 5.69 Å². The van der Waals surface area contributed by atoms with Crippen LogP contribution in [0.3, 0.4) is 0 Å². The molecule has 6 heteroatoms. The lowest BCUT2D eigenvalue weighted by atomic mass is 9.98. The molecule has 0 radical (unpaired) electrons. The van der Waals surface area contributed by atoms with Crippen LogP contribution in [0.1, 0.15) is 44.2 Å². The van der Waals surface area contributed by atoms with E-state index < -0.39 is 0 Å². The van der Waals surface area contributed by atoms with Crippen LogP contribution in [-0.2, 0) is 9.59 Å². The summed E-state index contributed by atoms with van der Waals surface area (Å²) in [5.41, 5.74) is 3.63. The highest BCUT2D eigenvalue weighted by atomic mass is 16.5. The Morgan fingerprint density at radius 3 is 2.30 bits per heavy atom. The van der Waals surface area contributed by atoms with Crippen LogP contribution >= 0.6 is 0 Å². The zero-order valence-electron chi connectivity index (χ0n) is 18.6. The molecule has 0 bridgehead atoms. The fourth-order valence-corrected chi connectivity index (χ4v) is 3.40. The number of rotatable bonds is 10. The first-order valence-electron chi connectivity index (χ1n) is 10.4. The van der Waals surface area contributed by atoms with Gasteiger partial charge < -0.3 is 15.4 Å². The van der Waals surface area contributed by atoms with Crippen molar-refractivity contribution in [1.29, 1.82) is 0 Å². The van der Waals surface area contributed by atoms with Crippen LogP contribution in [0.25, 0.3) is 0 Å². The SMILES string of the molecule is CCCN(CC(=O)Nc1ccccc1OC)CC(=O)Nc1c(C)cccc1C(C)C. The van der Waals surface area contributed by atoms with Crippen molar-refractivity contribution in [2.75, 3.05) is 37.4 Å². The second-order valence-electron chi connectivity index (χ2n) is 7.70. The van der Waals surface area contributed by atoms with E-state index in [4.69, 9.17) is 4.74 Å². The van der Waals surface area contributed by atoms with E-state index in [0.29, 0.717) is 23.9 Å². The van der Waals surface area contributed by atoms with Crippen LogP contribution in [0.4, 0.5) is 11.4 Å². The number of amides is 2. The molecule has 2 amide bonds. The third kappa shape index (κ3) is 6.59. The summed E-state index contributed by atoms with van der Waals surface area (Å²) in [6.07, 6.45) is 0.844. The zero-order chi connectivity index (χ0) is 22.1. The highest BCUT2D eigenvalue weighted by Crippen LogP contribution is 2.27. The minimum atomic E-state index is -0.181. The van der Waals surface area contributed by atoms with Gasteiger partial charge >= 0.3 is 0 Å². The van der Waals surface area contributed by atoms with Gasteiger partial charge in [-0.2, -0.15) is 0 Å². The van der Waals surface area contributed by atoms with Gasteiger partial charge in [0.05, 0.1) is 25.9 Å². The topological polar surface area (TPSA) is 70.7 Å². The Kier molecular flexibility index (Phi) is 8.87. The summed E-state index contributed by atoms with van der Waals surface area (Å²) in [6.45, 7) is 9.17. The molecule has 30 heavy (non-hydrogen) atoms. The molecular formula is C24H33N3O3. The predicted octanol–water partition coefficient (Wildman–Crippen LogP) is 4.42. The summed E-state index contributed by atoms with van der Waals surface area (Å²) in [5, 5.41) is 5.93. The molecule has 6 nitrogen and oxygen atoms in total. The van der Waals surface area contributed by atoms with Gasteiger partial charge in [0.2, 0.25) is 11.8 Å². The number of aryl methyl sites for hydroxylation is 1. The summed E-state index contributed by atoms with van der Waals surface area (Å²) >= 11 is 0. The Labute approximate surface area is 179 Å². The molecule has 2 aromatic rings. The second-order valence-corrected chi connectivity index (χ2v) is 7.70. The quantitative estimate of drug-likeness (QED) is 0.607. The van der Waals surface area contributed by atoms with Crippen LogP contribution < -0.4 is 15.4 Å². The molecule has 0 heterocycles. The van der Waals surface area contributed by atoms with E-state index >= 15 is 0 Å². The molecule has 0 aliphatic rings. The van der Waals surface area contributed by atoms with Gasteiger partial charge in [-0.3, -0.25) is 14.5 Å². The van der Waals surface area contributed by atoms with Gasteiger partial charge in [-0.1, -0.05) is 51.1 Å². The number of nitrogens with one attached hydrogen (secondary N) is 2. The molecule has 0 atom stereocenters. The lowest BCUT2D eigenvalue weighted by Crippen LogP contribution is -2.39. The average Bonchev–Trinajstić information content (AvgIpc) is 2.69. The van der Waals surface area contributed by atoms with E-state index in [0.717, 1.165) is 23.2 Å². The molecule has 0 aliphatic heterocycles. The molecule has 2 N–H and O–H groups in total. The largest absolute Gasteiger partial charge is 0.495 e. The zero-order valence-corrected chi connectivity index (χ0v) is 18.6. The normalized spacial score (nSPS) is 10.9. The summed E-state index contributed by atoms with van der Waals surface area (Å²) < 4.78 is 5.28. The monoisotopic (exact) mass is 411 g/mol. The van der Waals surface area contributed by atoms with Crippen LogP contribution in [0, 0.1) is 6.92 Å². The van der Waals surface area contributed by atoms with Crippen LogP contribution in [0.15, 0.2) is 42.5 Å². The van der Waals surface area contributed by atoms with E-state index in [1.165, 1.54) is 0 Å². The van der Waals surface area contributed by atoms with Crippen molar-refractivity contribution in [3.8, 4) is 5.75 Å². The molecule has 2 rings (SSSR count). The smallest absolute Gasteiger partial charge is 0.238 e. The van der Waals surface area contributed by atoms with Crippen molar-refractivity contribution in [2.45, 2.75) is 40.0 Å². The van der Waals surface area contributed by atoms with E-state index in [1.807, 2.05) is 49.1 Å². The van der Waals surface area contributed by atoms with Gasteiger partial charge in [0.1, 0.15) is 5.75 Å². The molecule has 2 aromatic carbocycles. The number of carbonyl (C=O) groups excluding carboxylic acids is 2. The van der Waals surface area contributed by atoms with Gasteiger partial charge in [0.25, 0.3) is 0 Å². The lowest BCUT2D eigenvalue weighted by molar-refractivity contribution is -0.120. The maximum absolute atomic E-state index is 12.8. The van der Waals surface area contributed by atoms with Crippen LogP contribution in [0.5, 0.6) is 5.75 Å². The van der Waals surface area contributed by atoms with Gasteiger partial charge in [0.15, 0.2) is 0 Å². The average molecular weight is 412 g/mol. The fourth-order valence-electron chi connectivity index (χ4n) is 3.40. The molecule has 0 fully saturated rings. The first-order chi connectivity index (χ1) is 14.3. The second kappa shape index (κ2) is 11.4. The number of carbonyl (C=O) groups is 2. The Hall–Kier alpha value is -2.86. The molecule has 0 aromatic heterocycles. The minimum absolute atomic E-state index is 0.121. The maximum Gasteiger partial charge on any atom is 0.238 e. The minimum Gasteiger partial charge on any atom is -0.495 e. The fraction of sp³-hybridized carbons (Fsp3) is 0.417. The van der Waals surface area contributed by atoms with E-state index in [-0.39, 0.29) is 24.9 Å². The summed E-state index contributed by atoms with van der Waals surface area (Å²) in [6, 6.07) is 13.3. The molecule has 0 spiro atoms. The Morgan fingerprint density at radius 1 is 1.00 bits per heavy atom. The molecule has 0 aliphatic carbocycles. The van der Waals surface area contributed by atoms with E-state index in [9.17, 15) is 9.59 Å². The molecule has 162 valence electrons. The van der Waals surface area contributed by atoms with E-state index in [1.54, 1.807) is 19.2 Å². The number of anilines is 2. The standard InChI is InChI=1S/C24H33N3O3/c1-6-14-27(15-22(28)25-20-12-7-8-13-21(20)30-5)16-23(29)26-24-18(4)10-9-11-19(24)17(2)3/h7-13,17H,6,14-16H2,1-5H3,(H,25,28)(H,26,29). The van der Waals surface area contributed by atoms with Crippen LogP contribution in [-0.4, -0.2) is 43.5 Å². The highest BCUT2D eigenvalue weighted by Gasteiger charge is 2.17. The number of hydrogen-bond donors (Lipinski definition) is 2. The number of para-hydroxylation sites is 3. The van der Waals surface area contributed by atoms with Gasteiger partial charge in [-0.25, -0.2) is 0 Å². The van der Waals surface area contributed by atoms with Crippen molar-refractivity contribution in [3.05, 3.63) is 53.6 Å². The number of ether oxygens (including phenoxy) is 1. The number of methoxy groups -OCH3 is 1. The molecule has 0 saturated heterocycles.